The molecule has 2 rings (SSSR count). The van der Waals surface area contributed by atoms with Crippen molar-refractivity contribution in [3.05, 3.63) is 47.1 Å². The van der Waals surface area contributed by atoms with Gasteiger partial charge in [0.1, 0.15) is 25.1 Å². The summed E-state index contributed by atoms with van der Waals surface area (Å²) in [5, 5.41) is 21.0. The molecule has 0 amide bonds. The molecule has 0 spiro atoms. The Morgan fingerprint density at radius 3 is 2.62 bits per heavy atom. The predicted molar refractivity (Wildman–Crippen MR) is 92.7 cm³/mol. The number of aliphatic hydroxyl groups excluding tert-OH is 1. The van der Waals surface area contributed by atoms with Gasteiger partial charge in [-0.1, -0.05) is 29.8 Å². The van der Waals surface area contributed by atoms with Crippen LogP contribution in [-0.4, -0.2) is 47.2 Å². The van der Waals surface area contributed by atoms with Gasteiger partial charge in [0.05, 0.1) is 0 Å². The zero-order valence-corrected chi connectivity index (χ0v) is 14.5. The molecule has 1 aromatic carbocycles. The molecule has 2 N–H and O–H groups in total. The van der Waals surface area contributed by atoms with Gasteiger partial charge < -0.3 is 19.9 Å². The molecule has 0 bridgehead atoms. The van der Waals surface area contributed by atoms with Crippen LogP contribution in [0.5, 0.6) is 11.6 Å². The van der Waals surface area contributed by atoms with Crippen LogP contribution >= 0.6 is 11.6 Å². The minimum atomic E-state index is -0.609. The maximum Gasteiger partial charge on any atom is 0.233 e. The van der Waals surface area contributed by atoms with E-state index < -0.39 is 6.10 Å². The Morgan fingerprint density at radius 2 is 1.92 bits per heavy atom. The molecular weight excluding hydrogens is 330 g/mol. The molecule has 0 radical (unpaired) electrons. The Balaban J connectivity index is 1.64. The van der Waals surface area contributed by atoms with Crippen molar-refractivity contribution in [2.45, 2.75) is 26.0 Å². The van der Waals surface area contributed by atoms with Crippen LogP contribution in [0.4, 0.5) is 0 Å². The highest BCUT2D eigenvalue weighted by atomic mass is 35.5. The van der Waals surface area contributed by atoms with Gasteiger partial charge >= 0.3 is 0 Å². The second kappa shape index (κ2) is 9.42. The second-order valence-electron chi connectivity index (χ2n) is 5.54. The van der Waals surface area contributed by atoms with Crippen molar-refractivity contribution in [1.29, 1.82) is 0 Å². The highest BCUT2D eigenvalue weighted by Gasteiger charge is 2.10. The van der Waals surface area contributed by atoms with Gasteiger partial charge in [-0.05, 0) is 31.5 Å². The summed E-state index contributed by atoms with van der Waals surface area (Å²) < 4.78 is 11.1. The Kier molecular flexibility index (Phi) is 7.24. The lowest BCUT2D eigenvalue weighted by atomic mass is 10.2. The molecule has 0 saturated heterocycles. The maximum absolute atomic E-state index is 10.0. The molecule has 2 aromatic rings. The van der Waals surface area contributed by atoms with Gasteiger partial charge in [-0.25, -0.2) is 0 Å². The maximum atomic E-state index is 10.0. The molecular formula is C17H22ClN3O3. The molecule has 130 valence electrons. The summed E-state index contributed by atoms with van der Waals surface area (Å²) in [6.45, 7) is 4.97. The van der Waals surface area contributed by atoms with Crippen LogP contribution in [0.2, 0.25) is 5.15 Å². The van der Waals surface area contributed by atoms with E-state index >= 15 is 0 Å². The summed E-state index contributed by atoms with van der Waals surface area (Å²) in [4.78, 5) is 0. The Morgan fingerprint density at radius 1 is 1.12 bits per heavy atom. The van der Waals surface area contributed by atoms with Crippen molar-refractivity contribution in [3.63, 3.8) is 0 Å². The first-order chi connectivity index (χ1) is 11.5. The molecule has 1 aromatic heterocycles. The molecule has 6 nitrogen and oxygen atoms in total. The van der Waals surface area contributed by atoms with E-state index in [0.29, 0.717) is 24.2 Å². The average Bonchev–Trinajstić information content (AvgIpc) is 2.58. The molecule has 0 aliphatic carbocycles. The summed E-state index contributed by atoms with van der Waals surface area (Å²) >= 11 is 5.66. The van der Waals surface area contributed by atoms with Crippen LogP contribution in [0.15, 0.2) is 36.4 Å². The van der Waals surface area contributed by atoms with Crippen LogP contribution in [0.1, 0.15) is 12.5 Å². The predicted octanol–water partition coefficient (Wildman–Crippen LogP) is 2.24. The topological polar surface area (TPSA) is 76.5 Å². The summed E-state index contributed by atoms with van der Waals surface area (Å²) in [5.41, 5.74) is 1.04. The van der Waals surface area contributed by atoms with Gasteiger partial charge in [-0.3, -0.25) is 0 Å². The number of nitrogens with one attached hydrogen (secondary N) is 1. The Labute approximate surface area is 146 Å². The number of aliphatic hydroxyl groups is 1. The molecule has 0 saturated carbocycles. The summed E-state index contributed by atoms with van der Waals surface area (Å²) in [7, 11) is 0. The largest absolute Gasteiger partial charge is 0.491 e. The third-order valence-electron chi connectivity index (χ3n) is 3.32. The Bertz CT molecular complexity index is 625. The number of para-hydroxylation sites is 1. The van der Waals surface area contributed by atoms with Gasteiger partial charge in [-0.15, -0.1) is 10.2 Å². The van der Waals surface area contributed by atoms with Crippen molar-refractivity contribution in [2.24, 2.45) is 0 Å². The van der Waals surface area contributed by atoms with Crippen molar-refractivity contribution in [2.75, 3.05) is 19.8 Å². The van der Waals surface area contributed by atoms with Crippen LogP contribution in [-0.2, 0) is 0 Å². The highest BCUT2D eigenvalue weighted by molar-refractivity contribution is 6.29. The van der Waals surface area contributed by atoms with Gasteiger partial charge in [0.2, 0.25) is 5.88 Å². The summed E-state index contributed by atoms with van der Waals surface area (Å²) in [5.74, 6) is 1.20. The van der Waals surface area contributed by atoms with E-state index in [4.69, 9.17) is 21.1 Å². The zero-order valence-electron chi connectivity index (χ0n) is 13.8. The van der Waals surface area contributed by atoms with Gasteiger partial charge in [-0.2, -0.15) is 0 Å². The first-order valence-electron chi connectivity index (χ1n) is 7.76. The van der Waals surface area contributed by atoms with Gasteiger partial charge in [0.25, 0.3) is 0 Å². The third-order valence-corrected chi connectivity index (χ3v) is 3.52. The monoisotopic (exact) mass is 351 g/mol. The molecule has 7 heteroatoms. The standard InChI is InChI=1S/C17H22ClN3O3/c1-12-5-3-4-6-15(12)23-11-14(22)9-19-13(2)10-24-17-8-7-16(18)20-21-17/h3-8,13-14,19,22H,9-11H2,1-2H3. The van der Waals surface area contributed by atoms with E-state index in [1.165, 1.54) is 0 Å². The van der Waals surface area contributed by atoms with Gasteiger partial charge in [0, 0.05) is 18.7 Å². The number of aromatic nitrogens is 2. The fourth-order valence-electron chi connectivity index (χ4n) is 1.95. The summed E-state index contributed by atoms with van der Waals surface area (Å²) in [6, 6.07) is 11.0. The number of nitrogens with zero attached hydrogens (tertiary/aromatic N) is 2. The lowest BCUT2D eigenvalue weighted by Gasteiger charge is -2.18. The molecule has 2 unspecified atom stereocenters. The van der Waals surface area contributed by atoms with E-state index in [9.17, 15) is 5.11 Å². The van der Waals surface area contributed by atoms with Crippen molar-refractivity contribution in [3.8, 4) is 11.6 Å². The van der Waals surface area contributed by atoms with E-state index in [1.807, 2.05) is 38.1 Å². The first-order valence-corrected chi connectivity index (χ1v) is 8.14. The van der Waals surface area contributed by atoms with Crippen molar-refractivity contribution in [1.82, 2.24) is 15.5 Å². The normalized spacial score (nSPS) is 13.3. The Hall–Kier alpha value is -1.89. The van der Waals surface area contributed by atoms with E-state index in [-0.39, 0.29) is 12.6 Å². The molecule has 0 aliphatic heterocycles. The van der Waals surface area contributed by atoms with E-state index in [0.717, 1.165) is 11.3 Å². The third kappa shape index (κ3) is 6.31. The number of aryl methyl sites for hydroxylation is 1. The number of ether oxygens (including phenoxy) is 2. The van der Waals surface area contributed by atoms with Crippen LogP contribution in [0, 0.1) is 6.92 Å². The smallest absolute Gasteiger partial charge is 0.233 e. The zero-order chi connectivity index (χ0) is 17.4. The van der Waals surface area contributed by atoms with Crippen LogP contribution < -0.4 is 14.8 Å². The lowest BCUT2D eigenvalue weighted by molar-refractivity contribution is 0.101. The van der Waals surface area contributed by atoms with Crippen LogP contribution in [0.3, 0.4) is 0 Å². The van der Waals surface area contributed by atoms with E-state index in [1.54, 1.807) is 12.1 Å². The number of benzene rings is 1. The second-order valence-corrected chi connectivity index (χ2v) is 5.93. The highest BCUT2D eigenvalue weighted by Crippen LogP contribution is 2.16. The van der Waals surface area contributed by atoms with Crippen LogP contribution in [0.25, 0.3) is 0 Å². The van der Waals surface area contributed by atoms with E-state index in [2.05, 4.69) is 15.5 Å². The average molecular weight is 352 g/mol. The van der Waals surface area contributed by atoms with Crippen molar-refractivity contribution < 1.29 is 14.6 Å². The molecule has 1 heterocycles. The number of rotatable bonds is 9. The minimum absolute atomic E-state index is 0.0376. The summed E-state index contributed by atoms with van der Waals surface area (Å²) in [6.07, 6.45) is -0.609. The fraction of sp³-hybridized carbons (Fsp3) is 0.412. The number of hydrogen-bond donors (Lipinski definition) is 2. The van der Waals surface area contributed by atoms with Gasteiger partial charge in [0.15, 0.2) is 5.15 Å². The number of halogens is 1. The minimum Gasteiger partial charge on any atom is -0.491 e. The molecule has 2 atom stereocenters. The lowest BCUT2D eigenvalue weighted by Crippen LogP contribution is -2.39. The molecule has 0 fully saturated rings. The quantitative estimate of drug-likeness (QED) is 0.721. The first kappa shape index (κ1) is 18.4. The molecule has 24 heavy (non-hydrogen) atoms. The van der Waals surface area contributed by atoms with Crippen molar-refractivity contribution >= 4 is 11.6 Å². The fourth-order valence-corrected chi connectivity index (χ4v) is 2.05. The SMILES string of the molecule is Cc1ccccc1OCC(O)CNC(C)COc1ccc(Cl)nn1. The number of hydrogen-bond acceptors (Lipinski definition) is 6. The molecule has 0 aliphatic rings.